The predicted molar refractivity (Wildman–Crippen MR) is 79.4 cm³/mol. The van der Waals surface area contributed by atoms with Crippen LogP contribution in [-0.4, -0.2) is 30.0 Å². The molecule has 0 bridgehead atoms. The molecule has 2 atom stereocenters. The van der Waals surface area contributed by atoms with Crippen LogP contribution < -0.4 is 4.74 Å². The monoisotopic (exact) mass is 299 g/mol. The highest BCUT2D eigenvalue weighted by Crippen LogP contribution is 2.34. The van der Waals surface area contributed by atoms with Gasteiger partial charge >= 0.3 is 0 Å². The van der Waals surface area contributed by atoms with Crippen molar-refractivity contribution in [2.75, 3.05) is 19.7 Å². The van der Waals surface area contributed by atoms with E-state index in [1.54, 1.807) is 0 Å². The minimum absolute atomic E-state index is 0.252. The summed E-state index contributed by atoms with van der Waals surface area (Å²) in [6.45, 7) is 5.95. The molecule has 2 aliphatic heterocycles. The molecule has 1 fully saturated rings. The molecule has 2 heterocycles. The van der Waals surface area contributed by atoms with Gasteiger partial charge in [-0.25, -0.2) is 0 Å². The van der Waals surface area contributed by atoms with Crippen molar-refractivity contribution in [3.63, 3.8) is 0 Å². The number of nitrogens with zero attached hydrogens (tertiary/aromatic N) is 1. The Bertz CT molecular complexity index is 477. The van der Waals surface area contributed by atoms with E-state index < -0.39 is 0 Å². The van der Waals surface area contributed by atoms with Crippen LogP contribution in [0, 0.1) is 5.92 Å². The van der Waals surface area contributed by atoms with Crippen LogP contribution in [0.4, 0.5) is 0 Å². The Kier molecular flexibility index (Phi) is 3.93. The summed E-state index contributed by atoms with van der Waals surface area (Å²) in [5.41, 5.74) is 2.45. The van der Waals surface area contributed by atoms with Gasteiger partial charge in [-0.3, -0.25) is 4.90 Å². The zero-order valence-electron chi connectivity index (χ0n) is 11.2. The molecule has 2 aliphatic rings. The van der Waals surface area contributed by atoms with Gasteiger partial charge < -0.3 is 4.74 Å². The summed E-state index contributed by atoms with van der Waals surface area (Å²) >= 11 is 12.6. The third-order valence-electron chi connectivity index (χ3n) is 4.17. The average Bonchev–Trinajstić information content (AvgIpc) is 2.82. The van der Waals surface area contributed by atoms with E-state index in [2.05, 4.69) is 11.8 Å². The summed E-state index contributed by atoms with van der Waals surface area (Å²) in [7, 11) is 0. The molecule has 0 spiro atoms. The molecule has 0 N–H and O–H groups in total. The molecule has 4 heteroatoms. The highest BCUT2D eigenvalue weighted by atomic mass is 35.5. The highest BCUT2D eigenvalue weighted by molar-refractivity contribution is 6.30. The summed E-state index contributed by atoms with van der Waals surface area (Å²) < 4.78 is 5.76. The van der Waals surface area contributed by atoms with Crippen LogP contribution in [0.3, 0.4) is 0 Å². The number of fused-ring (bicyclic) bond motifs is 1. The second kappa shape index (κ2) is 5.51. The largest absolute Gasteiger partial charge is 0.493 e. The van der Waals surface area contributed by atoms with Crippen LogP contribution in [0.25, 0.3) is 0 Å². The van der Waals surface area contributed by atoms with Crippen molar-refractivity contribution in [3.8, 4) is 5.75 Å². The summed E-state index contributed by atoms with van der Waals surface area (Å²) in [4.78, 5) is 2.41. The fraction of sp³-hybridized carbons (Fsp3) is 0.600. The van der Waals surface area contributed by atoms with Gasteiger partial charge in [-0.2, -0.15) is 0 Å². The third kappa shape index (κ3) is 2.86. The fourth-order valence-corrected chi connectivity index (χ4v) is 3.52. The number of hydrogen-bond acceptors (Lipinski definition) is 2. The van der Waals surface area contributed by atoms with Crippen LogP contribution >= 0.6 is 23.2 Å². The lowest BCUT2D eigenvalue weighted by Gasteiger charge is -2.34. The second-order valence-corrected chi connectivity index (χ2v) is 6.67. The molecular weight excluding hydrogens is 281 g/mol. The molecule has 0 amide bonds. The number of benzene rings is 1. The second-order valence-electron chi connectivity index (χ2n) is 5.67. The van der Waals surface area contributed by atoms with E-state index >= 15 is 0 Å². The molecule has 104 valence electrons. The molecule has 19 heavy (non-hydrogen) atoms. The summed E-state index contributed by atoms with van der Waals surface area (Å²) in [6.07, 6.45) is 2.13. The molecule has 1 aromatic rings. The van der Waals surface area contributed by atoms with Crippen molar-refractivity contribution >= 4 is 23.2 Å². The molecule has 2 nitrogen and oxygen atoms in total. The number of hydrogen-bond donors (Lipinski definition) is 0. The molecule has 0 saturated carbocycles. The van der Waals surface area contributed by atoms with Crippen LogP contribution in [0.1, 0.15) is 24.5 Å². The lowest BCUT2D eigenvalue weighted by Crippen LogP contribution is -2.39. The SMILES string of the molecule is CC1CCN(Cc2cc(Cl)cc3c2OCC3)CC1Cl. The molecule has 1 aromatic carbocycles. The van der Waals surface area contributed by atoms with Gasteiger partial charge in [-0.1, -0.05) is 18.5 Å². The van der Waals surface area contributed by atoms with E-state index in [1.165, 1.54) is 11.1 Å². The van der Waals surface area contributed by atoms with Crippen LogP contribution in [0.5, 0.6) is 5.75 Å². The average molecular weight is 300 g/mol. The van der Waals surface area contributed by atoms with E-state index in [4.69, 9.17) is 27.9 Å². The van der Waals surface area contributed by atoms with Crippen LogP contribution in [-0.2, 0) is 13.0 Å². The van der Waals surface area contributed by atoms with E-state index in [1.807, 2.05) is 12.1 Å². The van der Waals surface area contributed by atoms with Gasteiger partial charge in [0.05, 0.1) is 6.61 Å². The van der Waals surface area contributed by atoms with Gasteiger partial charge in [0, 0.05) is 35.5 Å². The number of halogens is 2. The van der Waals surface area contributed by atoms with Crippen molar-refractivity contribution in [1.82, 2.24) is 4.90 Å². The van der Waals surface area contributed by atoms with Crippen molar-refractivity contribution in [3.05, 3.63) is 28.3 Å². The highest BCUT2D eigenvalue weighted by Gasteiger charge is 2.26. The van der Waals surface area contributed by atoms with Crippen molar-refractivity contribution in [2.45, 2.75) is 31.7 Å². The Labute approximate surface area is 124 Å². The van der Waals surface area contributed by atoms with Crippen molar-refractivity contribution < 1.29 is 4.74 Å². The maximum atomic E-state index is 6.38. The number of alkyl halides is 1. The third-order valence-corrected chi connectivity index (χ3v) is 4.96. The molecule has 2 unspecified atom stereocenters. The molecule has 0 aliphatic carbocycles. The molecule has 1 saturated heterocycles. The van der Waals surface area contributed by atoms with Gasteiger partial charge in [0.15, 0.2) is 0 Å². The number of ether oxygens (including phenoxy) is 1. The topological polar surface area (TPSA) is 12.5 Å². The molecule has 0 aromatic heterocycles. The van der Waals surface area contributed by atoms with E-state index in [-0.39, 0.29) is 5.38 Å². The molecular formula is C15H19Cl2NO. The van der Waals surface area contributed by atoms with E-state index in [0.29, 0.717) is 5.92 Å². The number of likely N-dealkylation sites (tertiary alicyclic amines) is 1. The van der Waals surface area contributed by atoms with Gasteiger partial charge in [0.2, 0.25) is 0 Å². The van der Waals surface area contributed by atoms with Gasteiger partial charge in [0.25, 0.3) is 0 Å². The Morgan fingerprint density at radius 1 is 1.42 bits per heavy atom. The predicted octanol–water partition coefficient (Wildman–Crippen LogP) is 3.72. The summed E-state index contributed by atoms with van der Waals surface area (Å²) in [6, 6.07) is 4.06. The quantitative estimate of drug-likeness (QED) is 0.772. The zero-order valence-corrected chi connectivity index (χ0v) is 12.7. The number of piperidine rings is 1. The van der Waals surface area contributed by atoms with E-state index in [9.17, 15) is 0 Å². The minimum atomic E-state index is 0.252. The fourth-order valence-electron chi connectivity index (χ4n) is 2.93. The Morgan fingerprint density at radius 3 is 3.05 bits per heavy atom. The van der Waals surface area contributed by atoms with E-state index in [0.717, 1.165) is 49.9 Å². The minimum Gasteiger partial charge on any atom is -0.493 e. The normalized spacial score (nSPS) is 27.1. The van der Waals surface area contributed by atoms with Gasteiger partial charge in [-0.05, 0) is 36.6 Å². The first-order valence-corrected chi connectivity index (χ1v) is 7.75. The maximum Gasteiger partial charge on any atom is 0.127 e. The first-order valence-electron chi connectivity index (χ1n) is 6.94. The first kappa shape index (κ1) is 13.5. The lowest BCUT2D eigenvalue weighted by molar-refractivity contribution is 0.187. The summed E-state index contributed by atoms with van der Waals surface area (Å²) in [5.74, 6) is 1.66. The lowest BCUT2D eigenvalue weighted by atomic mass is 9.98. The number of rotatable bonds is 2. The van der Waals surface area contributed by atoms with Gasteiger partial charge in [0.1, 0.15) is 5.75 Å². The van der Waals surface area contributed by atoms with Crippen LogP contribution in [0.15, 0.2) is 12.1 Å². The van der Waals surface area contributed by atoms with Crippen LogP contribution in [0.2, 0.25) is 5.02 Å². The van der Waals surface area contributed by atoms with Crippen molar-refractivity contribution in [1.29, 1.82) is 0 Å². The van der Waals surface area contributed by atoms with Crippen molar-refractivity contribution in [2.24, 2.45) is 5.92 Å². The molecule has 3 rings (SSSR count). The maximum absolute atomic E-state index is 6.38. The smallest absolute Gasteiger partial charge is 0.127 e. The molecule has 0 radical (unpaired) electrons. The Morgan fingerprint density at radius 2 is 2.26 bits per heavy atom. The Balaban J connectivity index is 1.77. The first-order chi connectivity index (χ1) is 9.13. The van der Waals surface area contributed by atoms with Gasteiger partial charge in [-0.15, -0.1) is 11.6 Å². The summed E-state index contributed by atoms with van der Waals surface area (Å²) in [5, 5.41) is 1.06. The Hall–Kier alpha value is -0.440. The standard InChI is InChI=1S/C15H19Cl2NO/c1-10-2-4-18(9-14(10)17)8-12-7-13(16)6-11-3-5-19-15(11)12/h6-7,10,14H,2-5,8-9H2,1H3. The zero-order chi connectivity index (χ0) is 13.4.